The van der Waals surface area contributed by atoms with Gasteiger partial charge < -0.3 is 10.3 Å². The largest absolute Gasteiger partial charge is 0.345 e. The Bertz CT molecular complexity index is 674. The quantitative estimate of drug-likeness (QED) is 0.768. The second-order valence-corrected chi connectivity index (χ2v) is 6.40. The summed E-state index contributed by atoms with van der Waals surface area (Å²) >= 11 is 0. The maximum atomic E-state index is 12.4. The topological polar surface area (TPSA) is 86.9 Å². The third kappa shape index (κ3) is 2.49. The molecule has 0 bridgehead atoms. The molecule has 3 heterocycles. The summed E-state index contributed by atoms with van der Waals surface area (Å²) in [5, 5.41) is 3.82. The Kier molecular flexibility index (Phi) is 3.26. The van der Waals surface area contributed by atoms with E-state index in [2.05, 4.69) is 20.0 Å². The summed E-state index contributed by atoms with van der Waals surface area (Å²) in [6.45, 7) is 1.63. The first-order chi connectivity index (χ1) is 9.17. The van der Waals surface area contributed by atoms with Crippen molar-refractivity contribution >= 4 is 21.1 Å². The monoisotopic (exact) mass is 280 g/mol. The molecule has 102 valence electrons. The molecular formula is C12H16N4O2S. The first-order valence-electron chi connectivity index (χ1n) is 6.32. The highest BCUT2D eigenvalue weighted by molar-refractivity contribution is 7.89. The first kappa shape index (κ1) is 12.6. The number of nitrogens with zero attached hydrogens (tertiary/aromatic N) is 1. The van der Waals surface area contributed by atoms with Gasteiger partial charge in [-0.05, 0) is 31.5 Å². The van der Waals surface area contributed by atoms with Crippen LogP contribution in [0.4, 0.5) is 0 Å². The Balaban J connectivity index is 1.91. The molecule has 1 saturated heterocycles. The van der Waals surface area contributed by atoms with Gasteiger partial charge >= 0.3 is 0 Å². The zero-order valence-corrected chi connectivity index (χ0v) is 11.2. The average molecular weight is 280 g/mol. The SMILES string of the molecule is O=S(=O)(NC1CCCNC1)c1c[nH]c2ncccc12. The van der Waals surface area contributed by atoms with Crippen LogP contribution in [0.25, 0.3) is 11.0 Å². The van der Waals surface area contributed by atoms with Crippen molar-refractivity contribution in [2.24, 2.45) is 0 Å². The van der Waals surface area contributed by atoms with Crippen molar-refractivity contribution in [1.29, 1.82) is 0 Å². The van der Waals surface area contributed by atoms with Gasteiger partial charge in [-0.3, -0.25) is 0 Å². The number of nitrogens with one attached hydrogen (secondary N) is 3. The summed E-state index contributed by atoms with van der Waals surface area (Å²) in [7, 11) is -3.50. The van der Waals surface area contributed by atoms with Crippen LogP contribution >= 0.6 is 0 Å². The van der Waals surface area contributed by atoms with Crippen molar-refractivity contribution in [1.82, 2.24) is 20.0 Å². The van der Waals surface area contributed by atoms with E-state index in [0.29, 0.717) is 17.6 Å². The summed E-state index contributed by atoms with van der Waals surface area (Å²) in [4.78, 5) is 7.25. The summed E-state index contributed by atoms with van der Waals surface area (Å²) in [6, 6.07) is 3.45. The van der Waals surface area contributed by atoms with Crippen molar-refractivity contribution in [3.63, 3.8) is 0 Å². The molecule has 1 aliphatic rings. The highest BCUT2D eigenvalue weighted by atomic mass is 32.2. The van der Waals surface area contributed by atoms with Crippen LogP contribution in [0.3, 0.4) is 0 Å². The fraction of sp³-hybridized carbons (Fsp3) is 0.417. The van der Waals surface area contributed by atoms with E-state index in [9.17, 15) is 8.42 Å². The van der Waals surface area contributed by atoms with Crippen LogP contribution < -0.4 is 10.0 Å². The molecule has 3 N–H and O–H groups in total. The van der Waals surface area contributed by atoms with E-state index >= 15 is 0 Å². The number of piperidine rings is 1. The molecule has 0 spiro atoms. The lowest BCUT2D eigenvalue weighted by molar-refractivity contribution is 0.429. The fourth-order valence-electron chi connectivity index (χ4n) is 2.39. The van der Waals surface area contributed by atoms with E-state index in [1.54, 1.807) is 18.3 Å². The summed E-state index contributed by atoms with van der Waals surface area (Å²) in [6.07, 6.45) is 4.99. The van der Waals surface area contributed by atoms with E-state index in [4.69, 9.17) is 0 Å². The zero-order valence-electron chi connectivity index (χ0n) is 10.4. The van der Waals surface area contributed by atoms with Crippen molar-refractivity contribution in [3.8, 4) is 0 Å². The van der Waals surface area contributed by atoms with Crippen LogP contribution in [0.1, 0.15) is 12.8 Å². The van der Waals surface area contributed by atoms with Gasteiger partial charge in [-0.2, -0.15) is 0 Å². The second kappa shape index (κ2) is 4.92. The van der Waals surface area contributed by atoms with Crippen molar-refractivity contribution in [2.45, 2.75) is 23.8 Å². The van der Waals surface area contributed by atoms with Gasteiger partial charge in [-0.25, -0.2) is 18.1 Å². The number of sulfonamides is 1. The van der Waals surface area contributed by atoms with Crippen molar-refractivity contribution in [3.05, 3.63) is 24.5 Å². The molecule has 1 aliphatic heterocycles. The molecule has 0 saturated carbocycles. The standard InChI is InChI=1S/C12H16N4O2S/c17-19(18,16-9-3-1-5-13-7-9)11-8-15-12-10(11)4-2-6-14-12/h2,4,6,8-9,13,16H,1,3,5,7H2,(H,14,15). The molecule has 2 aromatic heterocycles. The van der Waals surface area contributed by atoms with Gasteiger partial charge in [0, 0.05) is 30.4 Å². The number of hydrogen-bond acceptors (Lipinski definition) is 4. The molecule has 2 aromatic rings. The number of hydrogen-bond donors (Lipinski definition) is 3. The third-order valence-corrected chi connectivity index (χ3v) is 4.88. The molecular weight excluding hydrogens is 264 g/mol. The van der Waals surface area contributed by atoms with E-state index in [-0.39, 0.29) is 10.9 Å². The lowest BCUT2D eigenvalue weighted by Crippen LogP contribution is -2.45. The molecule has 1 fully saturated rings. The summed E-state index contributed by atoms with van der Waals surface area (Å²) < 4.78 is 27.5. The smallest absolute Gasteiger partial charge is 0.243 e. The van der Waals surface area contributed by atoms with Crippen LogP contribution in [0.15, 0.2) is 29.4 Å². The van der Waals surface area contributed by atoms with E-state index in [0.717, 1.165) is 19.4 Å². The fourth-order valence-corrected chi connectivity index (χ4v) is 3.82. The van der Waals surface area contributed by atoms with Gasteiger partial charge in [0.2, 0.25) is 10.0 Å². The van der Waals surface area contributed by atoms with Crippen LogP contribution in [0.5, 0.6) is 0 Å². The highest BCUT2D eigenvalue weighted by Crippen LogP contribution is 2.21. The molecule has 0 aromatic carbocycles. The Labute approximate surface area is 111 Å². The Morgan fingerprint density at radius 1 is 1.42 bits per heavy atom. The van der Waals surface area contributed by atoms with Crippen molar-refractivity contribution < 1.29 is 8.42 Å². The molecule has 3 rings (SSSR count). The Morgan fingerprint density at radius 2 is 2.32 bits per heavy atom. The third-order valence-electron chi connectivity index (χ3n) is 3.32. The normalized spacial score (nSPS) is 20.7. The molecule has 0 amide bonds. The minimum Gasteiger partial charge on any atom is -0.345 e. The maximum Gasteiger partial charge on any atom is 0.243 e. The number of H-pyrrole nitrogens is 1. The Hall–Kier alpha value is -1.44. The maximum absolute atomic E-state index is 12.4. The van der Waals surface area contributed by atoms with Gasteiger partial charge in [0.1, 0.15) is 10.5 Å². The van der Waals surface area contributed by atoms with Gasteiger partial charge in [0.15, 0.2) is 0 Å². The molecule has 7 heteroatoms. The van der Waals surface area contributed by atoms with Gasteiger partial charge in [-0.1, -0.05) is 0 Å². The van der Waals surface area contributed by atoms with Crippen molar-refractivity contribution in [2.75, 3.05) is 13.1 Å². The summed E-state index contributed by atoms with van der Waals surface area (Å²) in [5.74, 6) is 0. The van der Waals surface area contributed by atoms with Crippen LogP contribution in [-0.2, 0) is 10.0 Å². The van der Waals surface area contributed by atoms with Gasteiger partial charge in [0.25, 0.3) is 0 Å². The minimum absolute atomic E-state index is 0.0413. The minimum atomic E-state index is -3.50. The van der Waals surface area contributed by atoms with Gasteiger partial charge in [-0.15, -0.1) is 0 Å². The first-order valence-corrected chi connectivity index (χ1v) is 7.80. The molecule has 1 unspecified atom stereocenters. The lowest BCUT2D eigenvalue weighted by atomic mass is 10.1. The molecule has 1 atom stereocenters. The molecule has 0 aliphatic carbocycles. The van der Waals surface area contributed by atoms with Crippen LogP contribution in [0, 0.1) is 0 Å². The predicted octanol–water partition coefficient (Wildman–Crippen LogP) is 0.593. The number of aromatic amines is 1. The van der Waals surface area contributed by atoms with E-state index in [1.807, 2.05) is 0 Å². The van der Waals surface area contributed by atoms with Gasteiger partial charge in [0.05, 0.1) is 0 Å². The van der Waals surface area contributed by atoms with Crippen LogP contribution in [0.2, 0.25) is 0 Å². The van der Waals surface area contributed by atoms with Crippen LogP contribution in [-0.4, -0.2) is 37.5 Å². The van der Waals surface area contributed by atoms with E-state index < -0.39 is 10.0 Å². The highest BCUT2D eigenvalue weighted by Gasteiger charge is 2.24. The Morgan fingerprint density at radius 3 is 3.11 bits per heavy atom. The number of pyridine rings is 1. The molecule has 0 radical (unpaired) electrons. The number of rotatable bonds is 3. The number of fused-ring (bicyclic) bond motifs is 1. The molecule has 19 heavy (non-hydrogen) atoms. The zero-order chi connectivity index (χ0) is 13.3. The predicted molar refractivity (Wildman–Crippen MR) is 72.3 cm³/mol. The molecule has 6 nitrogen and oxygen atoms in total. The van der Waals surface area contributed by atoms with E-state index in [1.165, 1.54) is 6.20 Å². The number of aromatic nitrogens is 2. The lowest BCUT2D eigenvalue weighted by Gasteiger charge is -2.23. The summed E-state index contributed by atoms with van der Waals surface area (Å²) in [5.41, 5.74) is 0.588. The average Bonchev–Trinajstić information content (AvgIpc) is 2.84. The second-order valence-electron chi connectivity index (χ2n) is 4.72.